The average molecular weight is 318 g/mol. The molecule has 0 atom stereocenters. The molecule has 23 heavy (non-hydrogen) atoms. The Hall–Kier alpha value is -2.34. The van der Waals surface area contributed by atoms with Gasteiger partial charge in [0.2, 0.25) is 5.91 Å². The standard InChI is InChI=1S/C17H22N2O4/c1-11-13-6-5-12(20)9-15(13)23-17(22)14(11)10-16(21)18-7-4-8-19(2)3/h5-6,9,20H,4,7-8,10H2,1-3H3,(H,18,21). The van der Waals surface area contributed by atoms with Crippen LogP contribution in [0.3, 0.4) is 0 Å². The molecule has 0 bridgehead atoms. The van der Waals surface area contributed by atoms with E-state index in [1.807, 2.05) is 19.0 Å². The monoisotopic (exact) mass is 318 g/mol. The van der Waals surface area contributed by atoms with Crippen molar-refractivity contribution < 1.29 is 14.3 Å². The van der Waals surface area contributed by atoms with Crippen LogP contribution in [0.1, 0.15) is 17.5 Å². The van der Waals surface area contributed by atoms with E-state index in [2.05, 4.69) is 5.32 Å². The van der Waals surface area contributed by atoms with Crippen LogP contribution in [0.15, 0.2) is 27.4 Å². The van der Waals surface area contributed by atoms with Crippen molar-refractivity contribution in [2.24, 2.45) is 0 Å². The summed E-state index contributed by atoms with van der Waals surface area (Å²) in [5.41, 5.74) is 0.847. The number of phenols is 1. The largest absolute Gasteiger partial charge is 0.508 e. The Morgan fingerprint density at radius 2 is 2.09 bits per heavy atom. The number of phenolic OH excluding ortho intramolecular Hbond substituents is 1. The molecule has 2 N–H and O–H groups in total. The molecule has 6 nitrogen and oxygen atoms in total. The molecule has 0 aliphatic heterocycles. The predicted octanol–water partition coefficient (Wildman–Crippen LogP) is 1.42. The summed E-state index contributed by atoms with van der Waals surface area (Å²) in [4.78, 5) is 26.1. The minimum Gasteiger partial charge on any atom is -0.508 e. The Morgan fingerprint density at radius 1 is 1.35 bits per heavy atom. The van der Waals surface area contributed by atoms with Gasteiger partial charge >= 0.3 is 5.63 Å². The van der Waals surface area contributed by atoms with Crippen molar-refractivity contribution in [3.05, 3.63) is 39.7 Å². The van der Waals surface area contributed by atoms with Crippen LogP contribution in [0.5, 0.6) is 5.75 Å². The van der Waals surface area contributed by atoms with E-state index in [9.17, 15) is 14.7 Å². The lowest BCUT2D eigenvalue weighted by Gasteiger charge is -2.11. The number of amides is 1. The van der Waals surface area contributed by atoms with Crippen LogP contribution in [0.2, 0.25) is 0 Å². The molecule has 1 aromatic carbocycles. The number of rotatable bonds is 6. The fraction of sp³-hybridized carbons (Fsp3) is 0.412. The lowest BCUT2D eigenvalue weighted by atomic mass is 10.0. The van der Waals surface area contributed by atoms with Gasteiger partial charge in [0.25, 0.3) is 0 Å². The highest BCUT2D eigenvalue weighted by Gasteiger charge is 2.15. The van der Waals surface area contributed by atoms with Gasteiger partial charge in [-0.05, 0) is 51.7 Å². The van der Waals surface area contributed by atoms with Crippen molar-refractivity contribution in [1.82, 2.24) is 10.2 Å². The smallest absolute Gasteiger partial charge is 0.340 e. The van der Waals surface area contributed by atoms with Crippen molar-refractivity contribution in [3.63, 3.8) is 0 Å². The van der Waals surface area contributed by atoms with E-state index in [0.29, 0.717) is 23.3 Å². The summed E-state index contributed by atoms with van der Waals surface area (Å²) in [7, 11) is 3.95. The van der Waals surface area contributed by atoms with Gasteiger partial charge in [0.1, 0.15) is 11.3 Å². The topological polar surface area (TPSA) is 82.8 Å². The number of hydrogen-bond acceptors (Lipinski definition) is 5. The zero-order valence-corrected chi connectivity index (χ0v) is 13.7. The number of benzene rings is 1. The molecule has 0 aliphatic carbocycles. The van der Waals surface area contributed by atoms with E-state index in [-0.39, 0.29) is 18.1 Å². The molecular weight excluding hydrogens is 296 g/mol. The minimum absolute atomic E-state index is 0.00700. The van der Waals surface area contributed by atoms with E-state index in [1.165, 1.54) is 12.1 Å². The number of nitrogens with one attached hydrogen (secondary N) is 1. The number of carbonyl (C=O) groups is 1. The summed E-state index contributed by atoms with van der Waals surface area (Å²) in [6.07, 6.45) is 0.844. The Labute approximate surface area is 134 Å². The van der Waals surface area contributed by atoms with Gasteiger partial charge in [-0.3, -0.25) is 4.79 Å². The lowest BCUT2D eigenvalue weighted by Crippen LogP contribution is -2.30. The number of carbonyl (C=O) groups excluding carboxylic acids is 1. The highest BCUT2D eigenvalue weighted by atomic mass is 16.4. The third-order valence-corrected chi connectivity index (χ3v) is 3.71. The summed E-state index contributed by atoms with van der Waals surface area (Å²) in [6, 6.07) is 4.61. The van der Waals surface area contributed by atoms with Crippen molar-refractivity contribution >= 4 is 16.9 Å². The molecule has 2 rings (SSSR count). The molecule has 0 aliphatic rings. The second-order valence-corrected chi connectivity index (χ2v) is 5.86. The second-order valence-electron chi connectivity index (χ2n) is 5.86. The molecule has 1 aromatic heterocycles. The van der Waals surface area contributed by atoms with Crippen LogP contribution < -0.4 is 10.9 Å². The van der Waals surface area contributed by atoms with Gasteiger partial charge in [-0.25, -0.2) is 4.79 Å². The molecule has 1 amide bonds. The predicted molar refractivity (Wildman–Crippen MR) is 88.8 cm³/mol. The maximum atomic E-state index is 12.1. The number of aromatic hydroxyl groups is 1. The quantitative estimate of drug-likeness (QED) is 0.622. The minimum atomic E-state index is -0.538. The van der Waals surface area contributed by atoms with Crippen molar-refractivity contribution in [2.75, 3.05) is 27.2 Å². The van der Waals surface area contributed by atoms with Crippen LogP contribution in [0.25, 0.3) is 11.0 Å². The Bertz CT molecular complexity index is 765. The van der Waals surface area contributed by atoms with Gasteiger partial charge < -0.3 is 19.7 Å². The highest BCUT2D eigenvalue weighted by Crippen LogP contribution is 2.23. The fourth-order valence-electron chi connectivity index (χ4n) is 2.43. The summed E-state index contributed by atoms with van der Waals surface area (Å²) < 4.78 is 5.21. The number of nitrogens with zero attached hydrogens (tertiary/aromatic N) is 1. The van der Waals surface area contributed by atoms with Gasteiger partial charge in [0, 0.05) is 18.0 Å². The Balaban J connectivity index is 2.12. The first kappa shape index (κ1) is 17.0. The molecule has 6 heteroatoms. The maximum Gasteiger partial charge on any atom is 0.340 e. The molecule has 0 fully saturated rings. The summed E-state index contributed by atoms with van der Waals surface area (Å²) in [5.74, 6) is -0.163. The molecule has 2 aromatic rings. The van der Waals surface area contributed by atoms with E-state index >= 15 is 0 Å². The van der Waals surface area contributed by atoms with Gasteiger partial charge in [-0.2, -0.15) is 0 Å². The fourth-order valence-corrected chi connectivity index (χ4v) is 2.43. The molecular formula is C17H22N2O4. The third-order valence-electron chi connectivity index (χ3n) is 3.71. The SMILES string of the molecule is Cc1c(CC(=O)NCCCN(C)C)c(=O)oc2cc(O)ccc12. The van der Waals surface area contributed by atoms with Crippen molar-refractivity contribution in [2.45, 2.75) is 19.8 Å². The van der Waals surface area contributed by atoms with E-state index in [0.717, 1.165) is 18.4 Å². The summed E-state index contributed by atoms with van der Waals surface area (Å²) in [5, 5.41) is 13.0. The molecule has 124 valence electrons. The highest BCUT2D eigenvalue weighted by molar-refractivity contribution is 5.85. The lowest BCUT2D eigenvalue weighted by molar-refractivity contribution is -0.120. The van der Waals surface area contributed by atoms with Crippen LogP contribution in [0.4, 0.5) is 0 Å². The maximum absolute atomic E-state index is 12.1. The van der Waals surface area contributed by atoms with Crippen molar-refractivity contribution in [3.8, 4) is 5.75 Å². The first-order chi connectivity index (χ1) is 10.9. The van der Waals surface area contributed by atoms with Gasteiger partial charge in [-0.1, -0.05) is 0 Å². The summed E-state index contributed by atoms with van der Waals surface area (Å²) >= 11 is 0. The number of aryl methyl sites for hydroxylation is 1. The molecule has 0 spiro atoms. The third kappa shape index (κ3) is 4.32. The van der Waals surface area contributed by atoms with E-state index in [4.69, 9.17) is 4.42 Å². The van der Waals surface area contributed by atoms with E-state index < -0.39 is 5.63 Å². The van der Waals surface area contributed by atoms with Crippen LogP contribution in [-0.2, 0) is 11.2 Å². The first-order valence-electron chi connectivity index (χ1n) is 7.55. The Morgan fingerprint density at radius 3 is 2.78 bits per heavy atom. The zero-order chi connectivity index (χ0) is 17.0. The van der Waals surface area contributed by atoms with Crippen LogP contribution in [0, 0.1) is 6.92 Å². The van der Waals surface area contributed by atoms with Crippen molar-refractivity contribution in [1.29, 1.82) is 0 Å². The number of hydrogen-bond donors (Lipinski definition) is 2. The molecule has 0 saturated carbocycles. The Kier molecular flexibility index (Phi) is 5.39. The van der Waals surface area contributed by atoms with Gasteiger partial charge in [-0.15, -0.1) is 0 Å². The van der Waals surface area contributed by atoms with Gasteiger partial charge in [0.05, 0.1) is 12.0 Å². The van der Waals surface area contributed by atoms with Crippen LogP contribution >= 0.6 is 0 Å². The molecule has 0 saturated heterocycles. The second kappa shape index (κ2) is 7.28. The number of fused-ring (bicyclic) bond motifs is 1. The average Bonchev–Trinajstić information content (AvgIpc) is 2.47. The summed E-state index contributed by atoms with van der Waals surface area (Å²) in [6.45, 7) is 3.24. The molecule has 0 radical (unpaired) electrons. The van der Waals surface area contributed by atoms with E-state index in [1.54, 1.807) is 13.0 Å². The molecule has 0 unspecified atom stereocenters. The zero-order valence-electron chi connectivity index (χ0n) is 13.7. The van der Waals surface area contributed by atoms with Gasteiger partial charge in [0.15, 0.2) is 0 Å². The first-order valence-corrected chi connectivity index (χ1v) is 7.55. The normalized spacial score (nSPS) is 11.1. The molecule has 1 heterocycles. The van der Waals surface area contributed by atoms with Crippen LogP contribution in [-0.4, -0.2) is 43.1 Å².